The molecular weight excluding hydrogens is 116 g/mol. The van der Waals surface area contributed by atoms with Crippen LogP contribution in [0.15, 0.2) is 29.4 Å². The van der Waals surface area contributed by atoms with E-state index < -0.39 is 0 Å². The summed E-state index contributed by atoms with van der Waals surface area (Å²) in [5.41, 5.74) is 8.19. The zero-order valence-electron chi connectivity index (χ0n) is 4.69. The van der Waals surface area contributed by atoms with E-state index >= 15 is 0 Å². The van der Waals surface area contributed by atoms with Crippen molar-refractivity contribution in [1.29, 1.82) is 0 Å². The Balaban J connectivity index is 2.68. The molecule has 0 N–H and O–H groups in total. The fraction of sp³-hybridized carbons (Fsp3) is 0.167. The van der Waals surface area contributed by atoms with Crippen molar-refractivity contribution in [2.24, 2.45) is 5.11 Å². The van der Waals surface area contributed by atoms with E-state index in [0.717, 1.165) is 0 Å². The molecule has 1 aliphatic rings. The summed E-state index contributed by atoms with van der Waals surface area (Å²) in [6.07, 6.45) is 5.82. The Hall–Kier alpha value is -1.25. The lowest BCUT2D eigenvalue weighted by molar-refractivity contribution is -0.110. The molecule has 46 valence electrons. The zero-order valence-corrected chi connectivity index (χ0v) is 4.69. The van der Waals surface area contributed by atoms with E-state index in [-0.39, 0.29) is 11.8 Å². The first-order valence-electron chi connectivity index (χ1n) is 2.57. The first-order valence-corrected chi connectivity index (χ1v) is 2.57. The van der Waals surface area contributed by atoms with Gasteiger partial charge in [-0.15, -0.1) is 0 Å². The molecule has 9 heavy (non-hydrogen) atoms. The summed E-state index contributed by atoms with van der Waals surface area (Å²) in [6.45, 7) is 0. The van der Waals surface area contributed by atoms with Crippen molar-refractivity contribution in [3.8, 4) is 0 Å². The van der Waals surface area contributed by atoms with Crippen molar-refractivity contribution in [2.75, 3.05) is 0 Å². The lowest BCUT2D eigenvalue weighted by Gasteiger charge is -2.05. The number of ketones is 1. The van der Waals surface area contributed by atoms with Crippen LogP contribution in [0.4, 0.5) is 0 Å². The Morgan fingerprint density at radius 1 is 1.44 bits per heavy atom. The van der Waals surface area contributed by atoms with Gasteiger partial charge in [0.25, 0.3) is 0 Å². The van der Waals surface area contributed by atoms with E-state index in [1.807, 2.05) is 0 Å². The lowest BCUT2D eigenvalue weighted by Crippen LogP contribution is -2.01. The van der Waals surface area contributed by atoms with Crippen LogP contribution in [0, 0.1) is 0 Å². The summed E-state index contributed by atoms with van der Waals surface area (Å²) in [7, 11) is 0. The van der Waals surface area contributed by atoms with Crippen molar-refractivity contribution < 1.29 is 4.79 Å². The molecule has 0 unspecified atom stereocenters. The van der Waals surface area contributed by atoms with E-state index in [4.69, 9.17) is 5.53 Å². The number of allylic oxidation sites excluding steroid dienone is 2. The normalized spacial score (nSPS) is 18.4. The van der Waals surface area contributed by atoms with Crippen LogP contribution < -0.4 is 0 Å². The highest BCUT2D eigenvalue weighted by molar-refractivity contribution is 6.00. The summed E-state index contributed by atoms with van der Waals surface area (Å²) in [6, 6.07) is -0.331. The van der Waals surface area contributed by atoms with Crippen LogP contribution in [-0.4, -0.2) is 11.8 Å². The van der Waals surface area contributed by atoms with Gasteiger partial charge in [-0.3, -0.25) is 4.79 Å². The lowest BCUT2D eigenvalue weighted by atomic mass is 10.1. The molecule has 0 atom stereocenters. The minimum absolute atomic E-state index is 0.0603. The summed E-state index contributed by atoms with van der Waals surface area (Å²) in [5, 5.41) is 2.96. The molecule has 0 fully saturated rings. The molecule has 0 spiro atoms. The monoisotopic (exact) mass is 121 g/mol. The standard InChI is InChI=1S/C6H5N2O/c7-8-5-1-3-6(9)4-2-5/h1-5H/q-1. The minimum atomic E-state index is -0.331. The third-order valence-electron chi connectivity index (χ3n) is 1.05. The Morgan fingerprint density at radius 2 is 2.00 bits per heavy atom. The third kappa shape index (κ3) is 1.32. The topological polar surface area (TPSA) is 51.7 Å². The maximum Gasteiger partial charge on any atom is 0.178 e. The van der Waals surface area contributed by atoms with Crippen molar-refractivity contribution >= 4 is 5.78 Å². The SMILES string of the molecule is [N-]=NC1C=CC(=O)C=C1. The fourth-order valence-electron chi connectivity index (χ4n) is 0.584. The van der Waals surface area contributed by atoms with Crippen LogP contribution >= 0.6 is 0 Å². The van der Waals surface area contributed by atoms with Gasteiger partial charge in [-0.1, -0.05) is 12.2 Å². The van der Waals surface area contributed by atoms with E-state index in [1.165, 1.54) is 24.3 Å². The molecule has 0 saturated carbocycles. The van der Waals surface area contributed by atoms with E-state index in [2.05, 4.69) is 5.11 Å². The molecular formula is C6H5N2O-. The van der Waals surface area contributed by atoms with Crippen molar-refractivity contribution in [3.05, 3.63) is 29.8 Å². The first-order chi connectivity index (χ1) is 4.33. The summed E-state index contributed by atoms with van der Waals surface area (Å²) in [4.78, 5) is 10.4. The van der Waals surface area contributed by atoms with Crippen LogP contribution in [0.1, 0.15) is 0 Å². The molecule has 0 aromatic rings. The largest absolute Gasteiger partial charge is 0.711 e. The van der Waals surface area contributed by atoms with Gasteiger partial charge in [0, 0.05) is 0 Å². The summed E-state index contributed by atoms with van der Waals surface area (Å²) < 4.78 is 0. The Labute approximate surface area is 52.6 Å². The predicted molar refractivity (Wildman–Crippen MR) is 32.9 cm³/mol. The molecule has 3 heteroatoms. The molecule has 0 amide bonds. The number of carbonyl (C=O) groups excluding carboxylic acids is 1. The van der Waals surface area contributed by atoms with Gasteiger partial charge < -0.3 is 10.6 Å². The highest BCUT2D eigenvalue weighted by Gasteiger charge is 1.99. The smallest absolute Gasteiger partial charge is 0.178 e. The Bertz CT molecular complexity index is 177. The van der Waals surface area contributed by atoms with Gasteiger partial charge >= 0.3 is 0 Å². The molecule has 0 aromatic carbocycles. The molecule has 0 bridgehead atoms. The van der Waals surface area contributed by atoms with E-state index in [1.54, 1.807) is 0 Å². The molecule has 0 saturated heterocycles. The molecule has 3 nitrogen and oxygen atoms in total. The highest BCUT2D eigenvalue weighted by Crippen LogP contribution is 2.01. The number of nitrogens with zero attached hydrogens (tertiary/aromatic N) is 2. The zero-order chi connectivity index (χ0) is 6.69. The van der Waals surface area contributed by atoms with Crippen LogP contribution in [0.2, 0.25) is 0 Å². The second kappa shape index (κ2) is 2.35. The number of hydrogen-bond acceptors (Lipinski definition) is 2. The van der Waals surface area contributed by atoms with E-state index in [9.17, 15) is 4.79 Å². The number of rotatable bonds is 1. The molecule has 0 heterocycles. The maximum absolute atomic E-state index is 10.4. The molecule has 0 aliphatic heterocycles. The summed E-state index contributed by atoms with van der Waals surface area (Å²) in [5.74, 6) is -0.0603. The minimum Gasteiger partial charge on any atom is -0.711 e. The second-order valence-corrected chi connectivity index (χ2v) is 1.73. The Kier molecular flexibility index (Phi) is 1.53. The molecule has 1 aliphatic carbocycles. The van der Waals surface area contributed by atoms with E-state index in [0.29, 0.717) is 0 Å². The van der Waals surface area contributed by atoms with Gasteiger partial charge in [-0.2, -0.15) is 0 Å². The molecule has 0 radical (unpaired) electrons. The maximum atomic E-state index is 10.4. The summed E-state index contributed by atoms with van der Waals surface area (Å²) >= 11 is 0. The average Bonchev–Trinajstić information content (AvgIpc) is 1.90. The third-order valence-corrected chi connectivity index (χ3v) is 1.05. The predicted octanol–water partition coefficient (Wildman–Crippen LogP) is 1.07. The van der Waals surface area contributed by atoms with Crippen molar-refractivity contribution in [3.63, 3.8) is 0 Å². The van der Waals surface area contributed by atoms with Crippen molar-refractivity contribution in [2.45, 2.75) is 6.04 Å². The van der Waals surface area contributed by atoms with Crippen molar-refractivity contribution in [1.82, 2.24) is 0 Å². The van der Waals surface area contributed by atoms with Gasteiger partial charge in [-0.05, 0) is 12.2 Å². The number of carbonyl (C=O) groups is 1. The Morgan fingerprint density at radius 3 is 2.44 bits per heavy atom. The van der Waals surface area contributed by atoms with Gasteiger partial charge in [0.1, 0.15) is 0 Å². The molecule has 0 aromatic heterocycles. The van der Waals surface area contributed by atoms with Crippen LogP contribution in [0.25, 0.3) is 5.53 Å². The second-order valence-electron chi connectivity index (χ2n) is 1.73. The van der Waals surface area contributed by atoms with Crippen LogP contribution in [0.3, 0.4) is 0 Å². The van der Waals surface area contributed by atoms with Gasteiger partial charge in [-0.25, -0.2) is 0 Å². The fourth-order valence-corrected chi connectivity index (χ4v) is 0.584. The van der Waals surface area contributed by atoms with Crippen LogP contribution in [-0.2, 0) is 4.79 Å². The molecule has 1 rings (SSSR count). The van der Waals surface area contributed by atoms with Gasteiger partial charge in [0.05, 0.1) is 6.04 Å². The quantitative estimate of drug-likeness (QED) is 0.479. The average molecular weight is 121 g/mol. The van der Waals surface area contributed by atoms with Crippen LogP contribution in [0.5, 0.6) is 0 Å². The van der Waals surface area contributed by atoms with Gasteiger partial charge in [0.15, 0.2) is 5.78 Å². The first kappa shape index (κ1) is 5.88. The van der Waals surface area contributed by atoms with Gasteiger partial charge in [0.2, 0.25) is 0 Å². The number of hydrogen-bond donors (Lipinski definition) is 0. The highest BCUT2D eigenvalue weighted by atomic mass is 16.1.